The molecule has 1 aliphatic rings. The van der Waals surface area contributed by atoms with Crippen molar-refractivity contribution in [3.63, 3.8) is 0 Å². The fraction of sp³-hybridized carbons (Fsp3) is 0.846. The molecule has 1 aliphatic heterocycles. The van der Waals surface area contributed by atoms with Crippen LogP contribution in [0.4, 0.5) is 0 Å². The summed E-state index contributed by atoms with van der Waals surface area (Å²) in [5, 5.41) is 5.97. The zero-order valence-electron chi connectivity index (χ0n) is 11.7. The van der Waals surface area contributed by atoms with Crippen LogP contribution in [0.25, 0.3) is 0 Å². The Morgan fingerprint density at radius 3 is 2.39 bits per heavy atom. The second kappa shape index (κ2) is 7.36. The molecular formula is C13H25N3O2. The van der Waals surface area contributed by atoms with Crippen LogP contribution < -0.4 is 10.6 Å². The lowest BCUT2D eigenvalue weighted by Crippen LogP contribution is -2.46. The van der Waals surface area contributed by atoms with Crippen molar-refractivity contribution in [2.24, 2.45) is 5.92 Å². The molecule has 0 atom stereocenters. The summed E-state index contributed by atoms with van der Waals surface area (Å²) in [5.74, 6) is 0.343. The molecule has 2 amide bonds. The number of carbonyl (C=O) groups is 2. The average molecular weight is 255 g/mol. The number of rotatable bonds is 5. The van der Waals surface area contributed by atoms with Gasteiger partial charge in [0.05, 0.1) is 6.54 Å². The van der Waals surface area contributed by atoms with E-state index in [-0.39, 0.29) is 17.7 Å². The summed E-state index contributed by atoms with van der Waals surface area (Å²) in [6.45, 7) is 8.43. The molecule has 0 unspecified atom stereocenters. The number of piperidine rings is 1. The van der Waals surface area contributed by atoms with E-state index in [2.05, 4.69) is 10.6 Å². The van der Waals surface area contributed by atoms with Crippen LogP contribution in [0.2, 0.25) is 0 Å². The first-order chi connectivity index (χ1) is 8.54. The van der Waals surface area contributed by atoms with E-state index in [1.165, 1.54) is 0 Å². The lowest BCUT2D eigenvalue weighted by atomic mass is 9.96. The van der Waals surface area contributed by atoms with Crippen molar-refractivity contribution >= 4 is 11.8 Å². The minimum absolute atomic E-state index is 0.0760. The molecule has 0 aromatic carbocycles. The van der Waals surface area contributed by atoms with Gasteiger partial charge in [0.25, 0.3) is 0 Å². The van der Waals surface area contributed by atoms with Crippen molar-refractivity contribution in [3.8, 4) is 0 Å². The number of nitrogens with zero attached hydrogens (tertiary/aromatic N) is 1. The summed E-state index contributed by atoms with van der Waals surface area (Å²) in [5.41, 5.74) is 0. The Morgan fingerprint density at radius 2 is 1.89 bits per heavy atom. The Balaban J connectivity index is 2.30. The van der Waals surface area contributed by atoms with Gasteiger partial charge < -0.3 is 15.5 Å². The number of carbonyl (C=O) groups excluding carboxylic acids is 2. The smallest absolute Gasteiger partial charge is 0.236 e. The second-order valence-corrected chi connectivity index (χ2v) is 5.09. The SMILES string of the molecule is CCNC(=O)C1CCN(C(=O)CNC(C)C)CC1. The van der Waals surface area contributed by atoms with Crippen molar-refractivity contribution in [2.45, 2.75) is 39.7 Å². The first-order valence-corrected chi connectivity index (χ1v) is 6.83. The molecule has 1 saturated heterocycles. The van der Waals surface area contributed by atoms with Gasteiger partial charge in [-0.15, -0.1) is 0 Å². The Morgan fingerprint density at radius 1 is 1.28 bits per heavy atom. The molecular weight excluding hydrogens is 230 g/mol. The van der Waals surface area contributed by atoms with Crippen molar-refractivity contribution in [1.82, 2.24) is 15.5 Å². The van der Waals surface area contributed by atoms with Gasteiger partial charge in [-0.05, 0) is 19.8 Å². The zero-order chi connectivity index (χ0) is 13.5. The van der Waals surface area contributed by atoms with E-state index in [1.54, 1.807) is 0 Å². The zero-order valence-corrected chi connectivity index (χ0v) is 11.7. The van der Waals surface area contributed by atoms with Crippen LogP contribution >= 0.6 is 0 Å². The highest BCUT2D eigenvalue weighted by molar-refractivity contribution is 5.80. The number of amides is 2. The van der Waals surface area contributed by atoms with Crippen molar-refractivity contribution in [2.75, 3.05) is 26.2 Å². The quantitative estimate of drug-likeness (QED) is 0.745. The van der Waals surface area contributed by atoms with Crippen molar-refractivity contribution < 1.29 is 9.59 Å². The highest BCUT2D eigenvalue weighted by Crippen LogP contribution is 2.17. The van der Waals surface area contributed by atoms with E-state index in [0.717, 1.165) is 12.8 Å². The lowest BCUT2D eigenvalue weighted by molar-refractivity contribution is -0.134. The maximum absolute atomic E-state index is 11.9. The summed E-state index contributed by atoms with van der Waals surface area (Å²) in [7, 11) is 0. The van der Waals surface area contributed by atoms with E-state index >= 15 is 0 Å². The van der Waals surface area contributed by atoms with Crippen LogP contribution in [0, 0.1) is 5.92 Å². The highest BCUT2D eigenvalue weighted by atomic mass is 16.2. The van der Waals surface area contributed by atoms with E-state index in [1.807, 2.05) is 25.7 Å². The van der Waals surface area contributed by atoms with Crippen molar-refractivity contribution in [1.29, 1.82) is 0 Å². The number of likely N-dealkylation sites (tertiary alicyclic amines) is 1. The van der Waals surface area contributed by atoms with E-state index in [0.29, 0.717) is 32.2 Å². The average Bonchev–Trinajstić information content (AvgIpc) is 2.36. The predicted octanol–water partition coefficient (Wildman–Crippen LogP) is 0.359. The predicted molar refractivity (Wildman–Crippen MR) is 71.1 cm³/mol. The molecule has 2 N–H and O–H groups in total. The largest absolute Gasteiger partial charge is 0.356 e. The Kier molecular flexibility index (Phi) is 6.12. The van der Waals surface area contributed by atoms with Crippen LogP contribution in [0.3, 0.4) is 0 Å². The molecule has 1 rings (SSSR count). The Bertz CT molecular complexity index is 284. The van der Waals surface area contributed by atoms with Gasteiger partial charge in [0.1, 0.15) is 0 Å². The monoisotopic (exact) mass is 255 g/mol. The molecule has 5 heteroatoms. The molecule has 5 nitrogen and oxygen atoms in total. The molecule has 104 valence electrons. The van der Waals surface area contributed by atoms with Gasteiger partial charge in [0.15, 0.2) is 0 Å². The molecule has 1 fully saturated rings. The minimum atomic E-state index is 0.0760. The first kappa shape index (κ1) is 15.0. The standard InChI is InChI=1S/C13H25N3O2/c1-4-14-13(18)11-5-7-16(8-6-11)12(17)9-15-10(2)3/h10-11,15H,4-9H2,1-3H3,(H,14,18). The third-order valence-corrected chi connectivity index (χ3v) is 3.23. The van der Waals surface area contributed by atoms with E-state index in [4.69, 9.17) is 0 Å². The van der Waals surface area contributed by atoms with Crippen LogP contribution in [-0.2, 0) is 9.59 Å². The van der Waals surface area contributed by atoms with Gasteiger partial charge in [0, 0.05) is 31.6 Å². The number of hydrogen-bond acceptors (Lipinski definition) is 3. The summed E-state index contributed by atoms with van der Waals surface area (Å²) in [4.78, 5) is 25.4. The molecule has 0 aromatic heterocycles. The normalized spacial score (nSPS) is 17.0. The van der Waals surface area contributed by atoms with Gasteiger partial charge in [0.2, 0.25) is 11.8 Å². The molecule has 0 bridgehead atoms. The first-order valence-electron chi connectivity index (χ1n) is 6.83. The molecule has 0 aliphatic carbocycles. The maximum atomic E-state index is 11.9. The molecule has 18 heavy (non-hydrogen) atoms. The molecule has 0 saturated carbocycles. The minimum Gasteiger partial charge on any atom is -0.356 e. The molecule has 1 heterocycles. The Hall–Kier alpha value is -1.10. The highest BCUT2D eigenvalue weighted by Gasteiger charge is 2.26. The number of hydrogen-bond donors (Lipinski definition) is 2. The fourth-order valence-corrected chi connectivity index (χ4v) is 2.11. The van der Waals surface area contributed by atoms with Crippen LogP contribution in [-0.4, -0.2) is 48.9 Å². The third kappa shape index (κ3) is 4.64. The van der Waals surface area contributed by atoms with E-state index in [9.17, 15) is 9.59 Å². The maximum Gasteiger partial charge on any atom is 0.236 e. The Labute approximate surface area is 109 Å². The van der Waals surface area contributed by atoms with Gasteiger partial charge >= 0.3 is 0 Å². The van der Waals surface area contributed by atoms with Gasteiger partial charge in [-0.25, -0.2) is 0 Å². The fourth-order valence-electron chi connectivity index (χ4n) is 2.11. The molecule has 0 aromatic rings. The topological polar surface area (TPSA) is 61.4 Å². The van der Waals surface area contributed by atoms with Crippen LogP contribution in [0.5, 0.6) is 0 Å². The van der Waals surface area contributed by atoms with E-state index < -0.39 is 0 Å². The lowest BCUT2D eigenvalue weighted by Gasteiger charge is -2.31. The van der Waals surface area contributed by atoms with Gasteiger partial charge in [-0.1, -0.05) is 13.8 Å². The van der Waals surface area contributed by atoms with Crippen LogP contribution in [0.15, 0.2) is 0 Å². The summed E-state index contributed by atoms with van der Waals surface area (Å²) in [6.07, 6.45) is 1.55. The number of nitrogens with one attached hydrogen (secondary N) is 2. The van der Waals surface area contributed by atoms with Gasteiger partial charge in [-0.2, -0.15) is 0 Å². The summed E-state index contributed by atoms with van der Waals surface area (Å²) in [6, 6.07) is 0.321. The molecule has 0 radical (unpaired) electrons. The summed E-state index contributed by atoms with van der Waals surface area (Å²) >= 11 is 0. The van der Waals surface area contributed by atoms with Gasteiger partial charge in [-0.3, -0.25) is 9.59 Å². The molecule has 0 spiro atoms. The van der Waals surface area contributed by atoms with Crippen molar-refractivity contribution in [3.05, 3.63) is 0 Å². The second-order valence-electron chi connectivity index (χ2n) is 5.09. The third-order valence-electron chi connectivity index (χ3n) is 3.23. The van der Waals surface area contributed by atoms with Crippen LogP contribution in [0.1, 0.15) is 33.6 Å². The summed E-state index contributed by atoms with van der Waals surface area (Å²) < 4.78 is 0.